The number of hydrogen-bond donors (Lipinski definition) is 0. The number of nitrogens with zero attached hydrogens (tertiary/aromatic N) is 2. The van der Waals surface area contributed by atoms with Crippen molar-refractivity contribution >= 4 is 22.6 Å². The number of hydrogen-bond acceptors (Lipinski definition) is 1. The SMILES string of the molecule is Cc1ccnn1CI. The van der Waals surface area contributed by atoms with Gasteiger partial charge in [-0.1, -0.05) is 22.6 Å². The number of rotatable bonds is 1. The van der Waals surface area contributed by atoms with Crippen LogP contribution in [0.4, 0.5) is 0 Å². The van der Waals surface area contributed by atoms with Crippen LogP contribution in [-0.2, 0) is 4.55 Å². The summed E-state index contributed by atoms with van der Waals surface area (Å²) in [5, 5.41) is 4.04. The van der Waals surface area contributed by atoms with Crippen molar-refractivity contribution in [1.29, 1.82) is 0 Å². The third-order valence-electron chi connectivity index (χ3n) is 1.04. The molecule has 1 aromatic rings. The Morgan fingerprint density at radius 3 is 2.88 bits per heavy atom. The van der Waals surface area contributed by atoms with Crippen LogP contribution in [0.5, 0.6) is 0 Å². The van der Waals surface area contributed by atoms with Crippen LogP contribution in [0.3, 0.4) is 0 Å². The lowest BCUT2D eigenvalue weighted by atomic mass is 10.5. The van der Waals surface area contributed by atoms with Crippen LogP contribution < -0.4 is 0 Å². The van der Waals surface area contributed by atoms with E-state index in [1.54, 1.807) is 0 Å². The number of halogens is 1. The van der Waals surface area contributed by atoms with E-state index in [1.807, 2.05) is 23.9 Å². The zero-order valence-corrected chi connectivity index (χ0v) is 6.79. The van der Waals surface area contributed by atoms with Gasteiger partial charge in [0.15, 0.2) is 0 Å². The minimum atomic E-state index is 0.941. The number of alkyl halides is 1. The van der Waals surface area contributed by atoms with Crippen molar-refractivity contribution in [2.45, 2.75) is 11.5 Å². The molecule has 0 aliphatic carbocycles. The van der Waals surface area contributed by atoms with Crippen molar-refractivity contribution in [3.05, 3.63) is 18.0 Å². The first kappa shape index (κ1) is 6.07. The highest BCUT2D eigenvalue weighted by Gasteiger charge is 1.89. The first-order chi connectivity index (χ1) is 3.84. The summed E-state index contributed by atoms with van der Waals surface area (Å²) in [7, 11) is 0. The second-order valence-electron chi connectivity index (χ2n) is 1.59. The summed E-state index contributed by atoms with van der Waals surface area (Å²) < 4.78 is 2.89. The molecule has 44 valence electrons. The van der Waals surface area contributed by atoms with Crippen molar-refractivity contribution in [2.24, 2.45) is 0 Å². The number of aryl methyl sites for hydroxylation is 1. The van der Waals surface area contributed by atoms with Crippen LogP contribution in [0, 0.1) is 6.92 Å². The first-order valence-electron chi connectivity index (χ1n) is 2.39. The normalized spacial score (nSPS) is 9.75. The summed E-state index contributed by atoms with van der Waals surface area (Å²) in [6, 6.07) is 2.00. The molecule has 2 nitrogen and oxygen atoms in total. The van der Waals surface area contributed by atoms with Gasteiger partial charge in [0.2, 0.25) is 0 Å². The molecule has 0 saturated carbocycles. The minimum absolute atomic E-state index is 0.941. The molecule has 0 N–H and O–H groups in total. The molecule has 1 aromatic heterocycles. The van der Waals surface area contributed by atoms with Crippen molar-refractivity contribution in [2.75, 3.05) is 0 Å². The summed E-state index contributed by atoms with van der Waals surface area (Å²) in [6.07, 6.45) is 1.81. The van der Waals surface area contributed by atoms with Crippen LogP contribution in [0.1, 0.15) is 5.69 Å². The van der Waals surface area contributed by atoms with Crippen molar-refractivity contribution < 1.29 is 0 Å². The standard InChI is InChI=1S/C5H7IN2/c1-5-2-3-7-8(5)4-6/h2-3H,4H2,1H3. The van der Waals surface area contributed by atoms with Gasteiger partial charge in [-0.05, 0) is 13.0 Å². The van der Waals surface area contributed by atoms with Gasteiger partial charge in [-0.2, -0.15) is 5.10 Å². The molecule has 0 aliphatic heterocycles. The summed E-state index contributed by atoms with van der Waals surface area (Å²) in [5.74, 6) is 0. The zero-order valence-electron chi connectivity index (χ0n) is 4.63. The summed E-state index contributed by atoms with van der Waals surface area (Å²) in [5.41, 5.74) is 1.22. The van der Waals surface area contributed by atoms with Gasteiger partial charge < -0.3 is 0 Å². The second-order valence-corrected chi connectivity index (χ2v) is 2.27. The van der Waals surface area contributed by atoms with Crippen molar-refractivity contribution in [3.8, 4) is 0 Å². The fourth-order valence-electron chi connectivity index (χ4n) is 0.524. The third kappa shape index (κ3) is 1.02. The molecule has 0 bridgehead atoms. The zero-order chi connectivity index (χ0) is 5.98. The lowest BCUT2D eigenvalue weighted by molar-refractivity contribution is 0.740. The highest BCUT2D eigenvalue weighted by atomic mass is 127. The Hall–Kier alpha value is -0.0600. The topological polar surface area (TPSA) is 17.8 Å². The van der Waals surface area contributed by atoms with Crippen LogP contribution in [0.2, 0.25) is 0 Å². The van der Waals surface area contributed by atoms with Crippen LogP contribution in [0.15, 0.2) is 12.3 Å². The minimum Gasteiger partial charge on any atom is -0.260 e. The highest BCUT2D eigenvalue weighted by molar-refractivity contribution is 14.1. The van der Waals surface area contributed by atoms with Crippen molar-refractivity contribution in [1.82, 2.24) is 9.78 Å². The second kappa shape index (κ2) is 2.48. The van der Waals surface area contributed by atoms with E-state index in [4.69, 9.17) is 0 Å². The van der Waals surface area contributed by atoms with Gasteiger partial charge in [-0.3, -0.25) is 4.68 Å². The molecule has 1 rings (SSSR count). The Balaban J connectivity index is 2.92. The summed E-state index contributed by atoms with van der Waals surface area (Å²) in [4.78, 5) is 0. The maximum atomic E-state index is 4.04. The molecular formula is C5H7IN2. The molecule has 8 heavy (non-hydrogen) atoms. The van der Waals surface area contributed by atoms with Gasteiger partial charge in [0.05, 0.1) is 4.55 Å². The van der Waals surface area contributed by atoms with E-state index in [9.17, 15) is 0 Å². The molecule has 0 atom stereocenters. The number of aromatic nitrogens is 2. The molecule has 0 aliphatic rings. The highest BCUT2D eigenvalue weighted by Crippen LogP contribution is 1.97. The average molecular weight is 222 g/mol. The molecule has 0 spiro atoms. The Bertz CT molecular complexity index is 171. The molecule has 0 fully saturated rings. The predicted molar refractivity (Wildman–Crippen MR) is 41.0 cm³/mol. The first-order valence-corrected chi connectivity index (χ1v) is 3.91. The van der Waals surface area contributed by atoms with Gasteiger partial charge in [0.25, 0.3) is 0 Å². The molecule has 0 amide bonds. The average Bonchev–Trinajstić information content (AvgIpc) is 2.14. The monoisotopic (exact) mass is 222 g/mol. The van der Waals surface area contributed by atoms with E-state index in [2.05, 4.69) is 27.7 Å². The maximum Gasteiger partial charge on any atom is 0.0926 e. The molecule has 0 saturated heterocycles. The van der Waals surface area contributed by atoms with Crippen molar-refractivity contribution in [3.63, 3.8) is 0 Å². The Morgan fingerprint density at radius 1 is 1.88 bits per heavy atom. The molecule has 0 unspecified atom stereocenters. The Kier molecular flexibility index (Phi) is 1.88. The van der Waals surface area contributed by atoms with Crippen LogP contribution in [0.25, 0.3) is 0 Å². The smallest absolute Gasteiger partial charge is 0.0926 e. The molecule has 0 aromatic carbocycles. The van der Waals surface area contributed by atoms with Gasteiger partial charge in [-0.25, -0.2) is 0 Å². The van der Waals surface area contributed by atoms with E-state index >= 15 is 0 Å². The predicted octanol–water partition coefficient (Wildman–Crippen LogP) is 1.58. The van der Waals surface area contributed by atoms with Gasteiger partial charge in [-0.15, -0.1) is 0 Å². The van der Waals surface area contributed by atoms with E-state index in [1.165, 1.54) is 5.69 Å². The molecular weight excluding hydrogens is 215 g/mol. The van der Waals surface area contributed by atoms with Gasteiger partial charge >= 0.3 is 0 Å². The lowest BCUT2D eigenvalue weighted by Crippen LogP contribution is -1.94. The van der Waals surface area contributed by atoms with E-state index in [0.29, 0.717) is 0 Å². The maximum absolute atomic E-state index is 4.04. The molecule has 1 heterocycles. The van der Waals surface area contributed by atoms with E-state index < -0.39 is 0 Å². The third-order valence-corrected chi connectivity index (χ3v) is 1.69. The summed E-state index contributed by atoms with van der Waals surface area (Å²) in [6.45, 7) is 2.05. The summed E-state index contributed by atoms with van der Waals surface area (Å²) >= 11 is 2.28. The van der Waals surface area contributed by atoms with Gasteiger partial charge in [0, 0.05) is 11.9 Å². The van der Waals surface area contributed by atoms with E-state index in [-0.39, 0.29) is 0 Å². The van der Waals surface area contributed by atoms with E-state index in [0.717, 1.165) is 4.55 Å². The molecule has 0 radical (unpaired) electrons. The quantitative estimate of drug-likeness (QED) is 0.521. The Morgan fingerprint density at radius 2 is 2.62 bits per heavy atom. The van der Waals surface area contributed by atoms with Crippen LogP contribution in [-0.4, -0.2) is 9.78 Å². The largest absolute Gasteiger partial charge is 0.260 e. The fourth-order valence-corrected chi connectivity index (χ4v) is 1.24. The fraction of sp³-hybridized carbons (Fsp3) is 0.400. The Labute approximate surface area is 62.0 Å². The van der Waals surface area contributed by atoms with Crippen LogP contribution >= 0.6 is 22.6 Å². The lowest BCUT2D eigenvalue weighted by Gasteiger charge is -1.93. The molecule has 3 heteroatoms. The van der Waals surface area contributed by atoms with Gasteiger partial charge in [0.1, 0.15) is 0 Å².